The van der Waals surface area contributed by atoms with E-state index in [4.69, 9.17) is 0 Å². The van der Waals surface area contributed by atoms with Crippen LogP contribution in [-0.4, -0.2) is 37.7 Å². The Morgan fingerprint density at radius 2 is 2.22 bits per heavy atom. The van der Waals surface area contributed by atoms with E-state index in [-0.39, 0.29) is 0 Å². The highest BCUT2D eigenvalue weighted by Crippen LogP contribution is 2.34. The first-order valence-corrected chi connectivity index (χ1v) is 8.11. The zero-order valence-corrected chi connectivity index (χ0v) is 11.9. The van der Waals surface area contributed by atoms with Gasteiger partial charge in [0.15, 0.2) is 0 Å². The van der Waals surface area contributed by atoms with E-state index in [9.17, 15) is 0 Å². The maximum absolute atomic E-state index is 3.77. The summed E-state index contributed by atoms with van der Waals surface area (Å²) in [6.07, 6.45) is 2.62. The van der Waals surface area contributed by atoms with Gasteiger partial charge in [-0.2, -0.15) is 11.8 Å². The molecular weight excluding hydrogens is 240 g/mol. The molecule has 2 unspecified atom stereocenters. The normalized spacial score (nSPS) is 27.3. The summed E-state index contributed by atoms with van der Waals surface area (Å²) in [6.45, 7) is 2.33. The summed E-state index contributed by atoms with van der Waals surface area (Å²) in [5.74, 6) is 3.33. The van der Waals surface area contributed by atoms with Crippen LogP contribution in [0.2, 0.25) is 0 Å². The molecule has 1 N–H and O–H groups in total. The van der Waals surface area contributed by atoms with Crippen LogP contribution in [-0.2, 0) is 0 Å². The van der Waals surface area contributed by atoms with Gasteiger partial charge >= 0.3 is 0 Å². The van der Waals surface area contributed by atoms with Gasteiger partial charge in [0.1, 0.15) is 0 Å². The first-order chi connectivity index (χ1) is 8.84. The largest absolute Gasteiger partial charge is 0.374 e. The molecule has 1 saturated heterocycles. The fourth-order valence-electron chi connectivity index (χ4n) is 3.02. The standard InChI is InChI=1S/C15H22N2S/c1-17-8-6-12(10-16-13-7-9-18-11-13)14-4-2-3-5-15(14)17/h2-5,12-13,16H,6-11H2,1H3. The first kappa shape index (κ1) is 12.4. The molecule has 0 aliphatic carbocycles. The predicted octanol–water partition coefficient (Wildman–Crippen LogP) is 2.71. The molecular formula is C15H22N2S. The molecule has 0 spiro atoms. The zero-order valence-electron chi connectivity index (χ0n) is 11.1. The van der Waals surface area contributed by atoms with E-state index in [0.29, 0.717) is 5.92 Å². The Morgan fingerprint density at radius 1 is 1.33 bits per heavy atom. The maximum Gasteiger partial charge on any atom is 0.0399 e. The Labute approximate surface area is 114 Å². The Hall–Kier alpha value is -0.670. The molecule has 3 heteroatoms. The van der Waals surface area contributed by atoms with E-state index in [1.807, 2.05) is 0 Å². The summed E-state index contributed by atoms with van der Waals surface area (Å²) >= 11 is 2.08. The van der Waals surface area contributed by atoms with Crippen molar-refractivity contribution in [3.05, 3.63) is 29.8 Å². The molecule has 98 valence electrons. The summed E-state index contributed by atoms with van der Waals surface area (Å²) in [4.78, 5) is 2.39. The molecule has 18 heavy (non-hydrogen) atoms. The Morgan fingerprint density at radius 3 is 3.06 bits per heavy atom. The average molecular weight is 262 g/mol. The van der Waals surface area contributed by atoms with Crippen LogP contribution in [0.15, 0.2) is 24.3 Å². The zero-order chi connectivity index (χ0) is 12.4. The lowest BCUT2D eigenvalue weighted by Crippen LogP contribution is -2.36. The van der Waals surface area contributed by atoms with Crippen LogP contribution in [0.1, 0.15) is 24.3 Å². The summed E-state index contributed by atoms with van der Waals surface area (Å²) in [7, 11) is 2.20. The second-order valence-corrected chi connectivity index (χ2v) is 6.58. The molecule has 2 atom stereocenters. The molecule has 2 aliphatic rings. The highest BCUT2D eigenvalue weighted by molar-refractivity contribution is 7.99. The molecule has 0 radical (unpaired) electrons. The number of anilines is 1. The van der Waals surface area contributed by atoms with Crippen molar-refractivity contribution in [3.63, 3.8) is 0 Å². The summed E-state index contributed by atoms with van der Waals surface area (Å²) in [5.41, 5.74) is 2.96. The maximum atomic E-state index is 3.77. The topological polar surface area (TPSA) is 15.3 Å². The molecule has 0 saturated carbocycles. The number of benzene rings is 1. The van der Waals surface area contributed by atoms with Crippen molar-refractivity contribution >= 4 is 17.4 Å². The molecule has 0 amide bonds. The third-order valence-electron chi connectivity index (χ3n) is 4.18. The van der Waals surface area contributed by atoms with Crippen LogP contribution in [0.3, 0.4) is 0 Å². The van der Waals surface area contributed by atoms with Crippen LogP contribution in [0, 0.1) is 0 Å². The fraction of sp³-hybridized carbons (Fsp3) is 0.600. The molecule has 3 rings (SSSR count). The molecule has 1 aromatic carbocycles. The van der Waals surface area contributed by atoms with E-state index in [1.165, 1.54) is 42.1 Å². The van der Waals surface area contributed by atoms with Crippen molar-refractivity contribution in [1.29, 1.82) is 0 Å². The summed E-state index contributed by atoms with van der Waals surface area (Å²) in [5, 5.41) is 3.77. The lowest BCUT2D eigenvalue weighted by Gasteiger charge is -2.33. The Balaban J connectivity index is 1.68. The van der Waals surface area contributed by atoms with E-state index >= 15 is 0 Å². The molecule has 2 nitrogen and oxygen atoms in total. The minimum Gasteiger partial charge on any atom is -0.374 e. The van der Waals surface area contributed by atoms with Gasteiger partial charge in [-0.05, 0) is 30.2 Å². The number of hydrogen-bond donors (Lipinski definition) is 1. The molecule has 0 aromatic heterocycles. The van der Waals surface area contributed by atoms with Gasteiger partial charge in [-0.15, -0.1) is 0 Å². The predicted molar refractivity (Wildman–Crippen MR) is 80.8 cm³/mol. The monoisotopic (exact) mass is 262 g/mol. The third-order valence-corrected chi connectivity index (χ3v) is 5.35. The molecule has 2 aliphatic heterocycles. The number of nitrogens with zero attached hydrogens (tertiary/aromatic N) is 1. The Kier molecular flexibility index (Phi) is 3.80. The lowest BCUT2D eigenvalue weighted by atomic mass is 9.90. The smallest absolute Gasteiger partial charge is 0.0399 e. The van der Waals surface area contributed by atoms with Gasteiger partial charge in [-0.25, -0.2) is 0 Å². The van der Waals surface area contributed by atoms with Crippen LogP contribution < -0.4 is 10.2 Å². The number of para-hydroxylation sites is 1. The van der Waals surface area contributed by atoms with Crippen molar-refractivity contribution in [3.8, 4) is 0 Å². The highest BCUT2D eigenvalue weighted by atomic mass is 32.2. The quantitative estimate of drug-likeness (QED) is 0.901. The fourth-order valence-corrected chi connectivity index (χ4v) is 4.21. The summed E-state index contributed by atoms with van der Waals surface area (Å²) < 4.78 is 0. The van der Waals surface area contributed by atoms with E-state index in [1.54, 1.807) is 0 Å². The van der Waals surface area contributed by atoms with Crippen molar-refractivity contribution in [1.82, 2.24) is 5.32 Å². The van der Waals surface area contributed by atoms with Gasteiger partial charge in [-0.3, -0.25) is 0 Å². The van der Waals surface area contributed by atoms with Crippen LogP contribution in [0.5, 0.6) is 0 Å². The van der Waals surface area contributed by atoms with Crippen molar-refractivity contribution in [2.45, 2.75) is 24.8 Å². The second kappa shape index (κ2) is 5.54. The van der Waals surface area contributed by atoms with E-state index < -0.39 is 0 Å². The van der Waals surface area contributed by atoms with Gasteiger partial charge in [0.05, 0.1) is 0 Å². The number of hydrogen-bond acceptors (Lipinski definition) is 3. The molecule has 1 fully saturated rings. The minimum absolute atomic E-state index is 0.697. The number of fused-ring (bicyclic) bond motifs is 1. The number of nitrogens with one attached hydrogen (secondary N) is 1. The summed E-state index contributed by atoms with van der Waals surface area (Å²) in [6, 6.07) is 9.64. The minimum atomic E-state index is 0.697. The van der Waals surface area contributed by atoms with Gasteiger partial charge in [0.25, 0.3) is 0 Å². The van der Waals surface area contributed by atoms with Crippen molar-refractivity contribution in [2.24, 2.45) is 0 Å². The first-order valence-electron chi connectivity index (χ1n) is 6.96. The average Bonchev–Trinajstić information content (AvgIpc) is 2.92. The number of rotatable bonds is 3. The Bertz CT molecular complexity index is 401. The van der Waals surface area contributed by atoms with Crippen molar-refractivity contribution in [2.75, 3.05) is 36.5 Å². The number of thioether (sulfide) groups is 1. The van der Waals surface area contributed by atoms with Crippen LogP contribution in [0.25, 0.3) is 0 Å². The highest BCUT2D eigenvalue weighted by Gasteiger charge is 2.24. The van der Waals surface area contributed by atoms with E-state index in [0.717, 1.165) is 12.6 Å². The van der Waals surface area contributed by atoms with Gasteiger partial charge < -0.3 is 10.2 Å². The third kappa shape index (κ3) is 2.52. The van der Waals surface area contributed by atoms with Crippen LogP contribution in [0.4, 0.5) is 5.69 Å². The van der Waals surface area contributed by atoms with Crippen molar-refractivity contribution < 1.29 is 0 Å². The molecule has 2 heterocycles. The van der Waals surface area contributed by atoms with Gasteiger partial charge in [0, 0.05) is 43.5 Å². The molecule has 1 aromatic rings. The van der Waals surface area contributed by atoms with Gasteiger partial charge in [0.2, 0.25) is 0 Å². The SMILES string of the molecule is CN1CCC(CNC2CCSC2)c2ccccc21. The van der Waals surface area contributed by atoms with E-state index in [2.05, 4.69) is 53.3 Å². The van der Waals surface area contributed by atoms with Crippen LogP contribution >= 0.6 is 11.8 Å². The molecule has 0 bridgehead atoms. The second-order valence-electron chi connectivity index (χ2n) is 5.43. The lowest BCUT2D eigenvalue weighted by molar-refractivity contribution is 0.485. The van der Waals surface area contributed by atoms with Gasteiger partial charge in [-0.1, -0.05) is 18.2 Å².